The highest BCUT2D eigenvalue weighted by Gasteiger charge is 2.54. The second-order valence-corrected chi connectivity index (χ2v) is 11.3. The summed E-state index contributed by atoms with van der Waals surface area (Å²) in [5.41, 5.74) is -0.366. The minimum absolute atomic E-state index is 0.0366. The number of carbonyl (C=O) groups is 2. The van der Waals surface area contributed by atoms with Gasteiger partial charge in [-0.2, -0.15) is 4.98 Å². The van der Waals surface area contributed by atoms with E-state index in [1.165, 1.54) is 16.8 Å². The quantitative estimate of drug-likeness (QED) is 0.238. The Morgan fingerprint density at radius 3 is 2.71 bits per heavy atom. The fraction of sp³-hybridized carbons (Fsp3) is 0.500. The van der Waals surface area contributed by atoms with Gasteiger partial charge in [0.05, 0.1) is 23.0 Å². The summed E-state index contributed by atoms with van der Waals surface area (Å²) < 4.78 is 22.5. The third kappa shape index (κ3) is 4.45. The minimum atomic E-state index is -0.975. The number of cyclic esters (lactones) is 1. The van der Waals surface area contributed by atoms with E-state index in [2.05, 4.69) is 19.9 Å². The summed E-state index contributed by atoms with van der Waals surface area (Å²) in [4.78, 5) is 38.8. The van der Waals surface area contributed by atoms with Crippen LogP contribution < -0.4 is 0 Å². The fourth-order valence-corrected chi connectivity index (χ4v) is 6.30. The van der Waals surface area contributed by atoms with Crippen molar-refractivity contribution in [1.29, 1.82) is 0 Å². The number of esters is 1. The number of halogens is 2. The Balaban J connectivity index is 1.20. The number of ketones is 1. The molecular formula is C28H27ClFN5O3. The van der Waals surface area contributed by atoms with Crippen molar-refractivity contribution in [2.75, 3.05) is 0 Å². The molecule has 2 atom stereocenters. The molecule has 6 rings (SSSR count). The molecule has 1 aliphatic heterocycles. The molecule has 0 radical (unpaired) electrons. The third-order valence-corrected chi connectivity index (χ3v) is 8.65. The molecule has 0 amide bonds. The molecule has 3 fully saturated rings. The average molecular weight is 536 g/mol. The maximum absolute atomic E-state index is 14.9. The first kappa shape index (κ1) is 24.9. The molecule has 2 aromatic heterocycles. The van der Waals surface area contributed by atoms with E-state index in [0.717, 1.165) is 31.2 Å². The number of fused-ring (bicyclic) bond motifs is 1. The highest BCUT2D eigenvalue weighted by atomic mass is 35.5. The normalized spacial score (nSPS) is 24.9. The smallest absolute Gasteiger partial charge is 0.317 e. The molecule has 3 aromatic rings. The van der Waals surface area contributed by atoms with Crippen LogP contribution in [0.1, 0.15) is 68.3 Å². The van der Waals surface area contributed by atoms with Crippen LogP contribution in [0.2, 0.25) is 5.02 Å². The van der Waals surface area contributed by atoms with E-state index in [1.54, 1.807) is 12.3 Å². The number of carbonyl (C=O) groups excluding carboxylic acids is 2. The number of hydrogen-bond donors (Lipinski definition) is 0. The van der Waals surface area contributed by atoms with Crippen molar-refractivity contribution in [2.45, 2.75) is 75.3 Å². The lowest BCUT2D eigenvalue weighted by Crippen LogP contribution is -2.52. The van der Waals surface area contributed by atoms with Crippen LogP contribution in [-0.2, 0) is 32.7 Å². The summed E-state index contributed by atoms with van der Waals surface area (Å²) in [5, 5.41) is 4.71. The van der Waals surface area contributed by atoms with Gasteiger partial charge >= 0.3 is 5.97 Å². The van der Waals surface area contributed by atoms with Crippen LogP contribution in [0.25, 0.3) is 10.6 Å². The largest absolute Gasteiger partial charge is 0.458 e. The summed E-state index contributed by atoms with van der Waals surface area (Å²) in [6.45, 7) is 7.41. The van der Waals surface area contributed by atoms with Gasteiger partial charge < -0.3 is 9.58 Å². The van der Waals surface area contributed by atoms with Crippen LogP contribution in [0.15, 0.2) is 30.6 Å². The van der Waals surface area contributed by atoms with Crippen molar-refractivity contribution in [1.82, 2.24) is 19.6 Å². The van der Waals surface area contributed by atoms with Crippen LogP contribution in [0.4, 0.5) is 4.39 Å². The van der Waals surface area contributed by atoms with Gasteiger partial charge in [0.1, 0.15) is 17.3 Å². The maximum atomic E-state index is 14.9. The van der Waals surface area contributed by atoms with Crippen molar-refractivity contribution >= 4 is 29.1 Å². The number of ether oxygens (including phenoxy) is 1. The Kier molecular flexibility index (Phi) is 6.18. The Labute approximate surface area is 224 Å². The van der Waals surface area contributed by atoms with Crippen molar-refractivity contribution in [3.63, 3.8) is 0 Å². The van der Waals surface area contributed by atoms with Gasteiger partial charge in [0.25, 0.3) is 11.3 Å². The highest BCUT2D eigenvalue weighted by Crippen LogP contribution is 2.50. The number of aryl methyl sites for hydroxylation is 1. The molecule has 2 aliphatic carbocycles. The van der Waals surface area contributed by atoms with E-state index < -0.39 is 23.0 Å². The predicted molar refractivity (Wildman–Crippen MR) is 136 cm³/mol. The molecule has 2 saturated carbocycles. The molecule has 38 heavy (non-hydrogen) atoms. The Bertz CT molecular complexity index is 1450. The van der Waals surface area contributed by atoms with E-state index in [1.807, 2.05) is 6.07 Å². The first-order valence-electron chi connectivity index (χ1n) is 13.1. The monoisotopic (exact) mass is 535 g/mol. The number of benzene rings is 1. The first-order valence-corrected chi connectivity index (χ1v) is 13.5. The van der Waals surface area contributed by atoms with Crippen molar-refractivity contribution in [2.24, 2.45) is 11.8 Å². The minimum Gasteiger partial charge on any atom is -0.458 e. The number of nitrogens with zero attached hydrogens (tertiary/aromatic N) is 5. The van der Waals surface area contributed by atoms with E-state index in [9.17, 15) is 14.0 Å². The lowest BCUT2D eigenvalue weighted by atomic mass is 9.73. The third-order valence-electron chi connectivity index (χ3n) is 8.45. The molecule has 10 heteroatoms. The lowest BCUT2D eigenvalue weighted by molar-refractivity contribution is -0.185. The predicted octanol–water partition coefficient (Wildman–Crippen LogP) is 5.06. The summed E-state index contributed by atoms with van der Waals surface area (Å²) >= 11 is 5.97. The molecule has 0 N–H and O–H groups in total. The Morgan fingerprint density at radius 2 is 2.03 bits per heavy atom. The van der Waals surface area contributed by atoms with Crippen LogP contribution in [0.3, 0.4) is 0 Å². The van der Waals surface area contributed by atoms with Crippen LogP contribution >= 0.6 is 11.6 Å². The molecule has 8 nitrogen and oxygen atoms in total. The van der Waals surface area contributed by atoms with E-state index in [-0.39, 0.29) is 30.4 Å². The van der Waals surface area contributed by atoms with E-state index in [4.69, 9.17) is 22.9 Å². The van der Waals surface area contributed by atoms with Gasteiger partial charge in [-0.1, -0.05) is 30.5 Å². The summed E-state index contributed by atoms with van der Waals surface area (Å²) in [6, 6.07) is 5.07. The van der Waals surface area contributed by atoms with Crippen molar-refractivity contribution in [3.8, 4) is 0 Å². The van der Waals surface area contributed by atoms with Crippen LogP contribution in [-0.4, -0.2) is 36.9 Å². The molecule has 2 unspecified atom stereocenters. The molecule has 0 bridgehead atoms. The standard InChI is InChI=1S/C28H27ClFN5O3/c1-31-27(10-11-27)21-7-6-17(12-22(21)30)8-9-28(18-4-2-3-5-18)14-23(36)20(25(37)38-28)13-24-33-26-32-15-19(29)16-35(26)34-24/h6-7,12,15-16,18,20H,2-5,8-11,13-14H2. The fourth-order valence-electron chi connectivity index (χ4n) is 6.16. The molecule has 1 saturated heterocycles. The summed E-state index contributed by atoms with van der Waals surface area (Å²) in [7, 11) is 0. The van der Waals surface area contributed by atoms with Crippen molar-refractivity contribution < 1.29 is 18.7 Å². The summed E-state index contributed by atoms with van der Waals surface area (Å²) in [5.74, 6) is -1.30. The van der Waals surface area contributed by atoms with Gasteiger partial charge in [-0.25, -0.2) is 20.5 Å². The second kappa shape index (κ2) is 9.42. The van der Waals surface area contributed by atoms with Gasteiger partial charge in [-0.05, 0) is 49.3 Å². The molecular weight excluding hydrogens is 509 g/mol. The highest BCUT2D eigenvalue weighted by molar-refractivity contribution is 6.30. The number of hydrogen-bond acceptors (Lipinski definition) is 6. The average Bonchev–Trinajstić information content (AvgIpc) is 3.28. The van der Waals surface area contributed by atoms with Gasteiger partial charge in [0.2, 0.25) is 0 Å². The molecule has 1 aromatic carbocycles. The Morgan fingerprint density at radius 1 is 1.24 bits per heavy atom. The Hall–Kier alpha value is -3.38. The number of Topliss-reactive ketones (excluding diaryl/α,β-unsaturated/α-hetero) is 1. The maximum Gasteiger partial charge on any atom is 0.317 e. The zero-order valence-electron chi connectivity index (χ0n) is 20.8. The molecule has 3 heterocycles. The first-order chi connectivity index (χ1) is 18.3. The summed E-state index contributed by atoms with van der Waals surface area (Å²) in [6.07, 6.45) is 9.34. The van der Waals surface area contributed by atoms with Gasteiger partial charge in [0, 0.05) is 25.7 Å². The van der Waals surface area contributed by atoms with Crippen LogP contribution in [0, 0.1) is 24.2 Å². The molecule has 0 spiro atoms. The lowest BCUT2D eigenvalue weighted by Gasteiger charge is -2.43. The van der Waals surface area contributed by atoms with Crippen LogP contribution in [0.5, 0.6) is 0 Å². The second-order valence-electron chi connectivity index (χ2n) is 10.9. The number of aromatic nitrogens is 4. The van der Waals surface area contributed by atoms with Crippen molar-refractivity contribution in [3.05, 3.63) is 69.8 Å². The van der Waals surface area contributed by atoms with Gasteiger partial charge in [-0.3, -0.25) is 9.59 Å². The molecule has 3 aliphatic rings. The number of rotatable bonds is 7. The zero-order valence-corrected chi connectivity index (χ0v) is 21.6. The SMILES string of the molecule is [C-]#[N+]C1(c2ccc(CCC3(C4CCCC4)CC(=O)C(Cc4nc5ncc(Cl)cn5n4)C(=O)O3)cc2F)CC1. The van der Waals surface area contributed by atoms with E-state index in [0.29, 0.717) is 47.9 Å². The molecule has 196 valence electrons. The topological polar surface area (TPSA) is 90.8 Å². The van der Waals surface area contributed by atoms with Gasteiger partial charge in [0.15, 0.2) is 11.6 Å². The zero-order chi connectivity index (χ0) is 26.5. The van der Waals surface area contributed by atoms with Gasteiger partial charge in [-0.15, -0.1) is 5.10 Å². The van der Waals surface area contributed by atoms with E-state index >= 15 is 0 Å².